The molecule has 1 fully saturated rings. The van der Waals surface area contributed by atoms with Gasteiger partial charge in [0.05, 0.1) is 17.1 Å². The highest BCUT2D eigenvalue weighted by Gasteiger charge is 2.28. The maximum Gasteiger partial charge on any atom is 0.311 e. The van der Waals surface area contributed by atoms with Crippen molar-refractivity contribution in [1.82, 2.24) is 4.98 Å². The topological polar surface area (TPSA) is 80.5 Å². The lowest BCUT2D eigenvalue weighted by Crippen LogP contribution is -2.46. The summed E-state index contributed by atoms with van der Waals surface area (Å²) in [5.74, 6) is 1.07. The fourth-order valence-electron chi connectivity index (χ4n) is 2.45. The van der Waals surface area contributed by atoms with E-state index in [-0.39, 0.29) is 22.8 Å². The van der Waals surface area contributed by atoms with Gasteiger partial charge < -0.3 is 15.0 Å². The van der Waals surface area contributed by atoms with E-state index in [2.05, 4.69) is 10.3 Å². The maximum atomic E-state index is 11.2. The summed E-state index contributed by atoms with van der Waals surface area (Å²) < 4.78 is 5.66. The summed E-state index contributed by atoms with van der Waals surface area (Å²) in [7, 11) is 0. The van der Waals surface area contributed by atoms with Gasteiger partial charge in [0.25, 0.3) is 0 Å². The average Bonchev–Trinajstić information content (AvgIpc) is 2.37. The number of pyridine rings is 1. The number of hydrogen-bond donors (Lipinski definition) is 1. The van der Waals surface area contributed by atoms with Crippen LogP contribution < -0.4 is 10.2 Å². The van der Waals surface area contributed by atoms with Crippen molar-refractivity contribution in [2.75, 3.05) is 29.9 Å². The van der Waals surface area contributed by atoms with Crippen LogP contribution in [0.5, 0.6) is 0 Å². The predicted molar refractivity (Wildman–Crippen MR) is 77.3 cm³/mol. The summed E-state index contributed by atoms with van der Waals surface area (Å²) in [5.41, 5.74) is 0.0351. The molecule has 0 aromatic carbocycles. The first-order valence-electron chi connectivity index (χ1n) is 6.81. The molecule has 0 amide bonds. The highest BCUT2D eigenvalue weighted by molar-refractivity contribution is 5.62. The second-order valence-electron chi connectivity index (χ2n) is 4.99. The van der Waals surface area contributed by atoms with Crippen LogP contribution in [-0.4, -0.2) is 41.7 Å². The monoisotopic (exact) mass is 280 g/mol. The molecule has 7 nitrogen and oxygen atoms in total. The van der Waals surface area contributed by atoms with Gasteiger partial charge in [-0.1, -0.05) is 0 Å². The molecule has 1 aromatic heterocycles. The Kier molecular flexibility index (Phi) is 4.39. The van der Waals surface area contributed by atoms with E-state index in [4.69, 9.17) is 4.74 Å². The zero-order valence-corrected chi connectivity index (χ0v) is 12.0. The van der Waals surface area contributed by atoms with Crippen molar-refractivity contribution >= 4 is 17.3 Å². The van der Waals surface area contributed by atoms with Crippen molar-refractivity contribution in [1.29, 1.82) is 0 Å². The Morgan fingerprint density at radius 1 is 1.45 bits per heavy atom. The van der Waals surface area contributed by atoms with Gasteiger partial charge in [-0.3, -0.25) is 10.1 Å². The Bertz CT molecular complexity index is 485. The molecule has 2 atom stereocenters. The SMILES string of the molecule is CCNc1ccc([N+](=O)[O-])c(N2C[C@@H](C)O[C@@H](C)C2)n1. The van der Waals surface area contributed by atoms with Crippen molar-refractivity contribution in [3.8, 4) is 0 Å². The van der Waals surface area contributed by atoms with Gasteiger partial charge in [0.2, 0.25) is 5.82 Å². The van der Waals surface area contributed by atoms with Crippen LogP contribution in [0.25, 0.3) is 0 Å². The van der Waals surface area contributed by atoms with E-state index in [0.717, 1.165) is 6.54 Å². The molecule has 1 aliphatic heterocycles. The Labute approximate surface area is 118 Å². The van der Waals surface area contributed by atoms with Gasteiger partial charge in [0.15, 0.2) is 0 Å². The summed E-state index contributed by atoms with van der Waals surface area (Å²) in [5, 5.41) is 14.3. The van der Waals surface area contributed by atoms with E-state index in [0.29, 0.717) is 24.7 Å². The van der Waals surface area contributed by atoms with Crippen LogP contribution in [0.1, 0.15) is 20.8 Å². The molecule has 2 heterocycles. The average molecular weight is 280 g/mol. The molecule has 0 spiro atoms. The molecule has 1 aliphatic rings. The molecule has 0 bridgehead atoms. The Morgan fingerprint density at radius 2 is 2.10 bits per heavy atom. The van der Waals surface area contributed by atoms with Gasteiger partial charge >= 0.3 is 5.69 Å². The molecule has 110 valence electrons. The summed E-state index contributed by atoms with van der Waals surface area (Å²) in [4.78, 5) is 17.1. The molecule has 2 rings (SSSR count). The van der Waals surface area contributed by atoms with Crippen molar-refractivity contribution in [2.24, 2.45) is 0 Å². The lowest BCUT2D eigenvalue weighted by molar-refractivity contribution is -0.384. The zero-order chi connectivity index (χ0) is 14.7. The summed E-state index contributed by atoms with van der Waals surface area (Å²) in [6.45, 7) is 7.81. The lowest BCUT2D eigenvalue weighted by atomic mass is 10.2. The van der Waals surface area contributed by atoms with E-state index in [9.17, 15) is 10.1 Å². The third-order valence-corrected chi connectivity index (χ3v) is 3.13. The number of rotatable bonds is 4. The van der Waals surface area contributed by atoms with Crippen molar-refractivity contribution in [2.45, 2.75) is 33.0 Å². The minimum atomic E-state index is -0.386. The molecular weight excluding hydrogens is 260 g/mol. The number of anilines is 2. The molecular formula is C13H20N4O3. The third kappa shape index (κ3) is 3.16. The number of morpholine rings is 1. The molecule has 0 unspecified atom stereocenters. The molecule has 1 N–H and O–H groups in total. The van der Waals surface area contributed by atoms with Crippen LogP contribution in [-0.2, 0) is 4.74 Å². The first-order valence-corrected chi connectivity index (χ1v) is 6.81. The quantitative estimate of drug-likeness (QED) is 0.671. The van der Waals surface area contributed by atoms with Gasteiger partial charge in [-0.15, -0.1) is 0 Å². The smallest absolute Gasteiger partial charge is 0.311 e. The minimum absolute atomic E-state index is 0.0305. The van der Waals surface area contributed by atoms with Gasteiger partial charge in [-0.2, -0.15) is 0 Å². The number of ether oxygens (including phenoxy) is 1. The van der Waals surface area contributed by atoms with Crippen LogP contribution in [0.2, 0.25) is 0 Å². The van der Waals surface area contributed by atoms with Gasteiger partial charge in [-0.05, 0) is 26.8 Å². The highest BCUT2D eigenvalue weighted by Crippen LogP contribution is 2.29. The number of nitrogens with one attached hydrogen (secondary N) is 1. The molecule has 20 heavy (non-hydrogen) atoms. The number of hydrogen-bond acceptors (Lipinski definition) is 6. The van der Waals surface area contributed by atoms with Crippen molar-refractivity contribution < 1.29 is 9.66 Å². The Morgan fingerprint density at radius 3 is 2.65 bits per heavy atom. The Balaban J connectivity index is 2.35. The van der Waals surface area contributed by atoms with Crippen molar-refractivity contribution in [3.63, 3.8) is 0 Å². The molecule has 1 saturated heterocycles. The van der Waals surface area contributed by atoms with E-state index in [1.54, 1.807) is 6.07 Å². The first-order chi connectivity index (χ1) is 9.51. The number of nitro groups is 1. The zero-order valence-electron chi connectivity index (χ0n) is 12.0. The molecule has 0 aliphatic carbocycles. The lowest BCUT2D eigenvalue weighted by Gasteiger charge is -2.35. The second-order valence-corrected chi connectivity index (χ2v) is 4.99. The van der Waals surface area contributed by atoms with Crippen LogP contribution in [0, 0.1) is 10.1 Å². The van der Waals surface area contributed by atoms with Crippen LogP contribution >= 0.6 is 0 Å². The summed E-state index contributed by atoms with van der Waals surface area (Å²) in [6.07, 6.45) is 0.0610. The maximum absolute atomic E-state index is 11.2. The largest absolute Gasteiger partial charge is 0.372 e. The summed E-state index contributed by atoms with van der Waals surface area (Å²) >= 11 is 0. The van der Waals surface area contributed by atoms with Crippen LogP contribution in [0.3, 0.4) is 0 Å². The standard InChI is InChI=1S/C13H20N4O3/c1-4-14-12-6-5-11(17(18)19)13(15-12)16-7-9(2)20-10(3)8-16/h5-6,9-10H,4,7-8H2,1-3H3,(H,14,15)/t9-,10+. The fourth-order valence-corrected chi connectivity index (χ4v) is 2.45. The van der Waals surface area contributed by atoms with E-state index in [1.807, 2.05) is 25.7 Å². The van der Waals surface area contributed by atoms with Crippen LogP contribution in [0.4, 0.5) is 17.3 Å². The van der Waals surface area contributed by atoms with Gasteiger partial charge in [-0.25, -0.2) is 4.98 Å². The van der Waals surface area contributed by atoms with E-state index in [1.165, 1.54) is 6.07 Å². The first kappa shape index (κ1) is 14.5. The third-order valence-electron chi connectivity index (χ3n) is 3.13. The Hall–Kier alpha value is -1.89. The van der Waals surface area contributed by atoms with Crippen LogP contribution in [0.15, 0.2) is 12.1 Å². The highest BCUT2D eigenvalue weighted by atomic mass is 16.6. The van der Waals surface area contributed by atoms with E-state index >= 15 is 0 Å². The fraction of sp³-hybridized carbons (Fsp3) is 0.615. The van der Waals surface area contributed by atoms with E-state index < -0.39 is 0 Å². The van der Waals surface area contributed by atoms with Gasteiger partial charge in [0.1, 0.15) is 5.82 Å². The molecule has 1 aromatic rings. The minimum Gasteiger partial charge on any atom is -0.372 e. The summed E-state index contributed by atoms with van der Waals surface area (Å²) in [6, 6.07) is 3.14. The predicted octanol–water partition coefficient (Wildman–Crippen LogP) is 2.04. The number of nitrogens with zero attached hydrogens (tertiary/aromatic N) is 3. The van der Waals surface area contributed by atoms with Gasteiger partial charge in [0, 0.05) is 25.7 Å². The second kappa shape index (κ2) is 6.04. The molecule has 0 saturated carbocycles. The van der Waals surface area contributed by atoms with Crippen molar-refractivity contribution in [3.05, 3.63) is 22.2 Å². The molecule has 0 radical (unpaired) electrons. The normalized spacial score (nSPS) is 22.6. The number of aromatic nitrogens is 1. The molecule has 7 heteroatoms.